The molecule has 2 N–H and O–H groups in total. The first-order valence-corrected chi connectivity index (χ1v) is 4.62. The predicted molar refractivity (Wildman–Crippen MR) is 41.5 cm³/mol. The Bertz CT molecular complexity index is 211. The maximum atomic E-state index is 10.6. The van der Waals surface area contributed by atoms with Crippen molar-refractivity contribution < 1.29 is 9.29 Å². The van der Waals surface area contributed by atoms with Crippen LogP contribution in [0.5, 0.6) is 5.75 Å². The standard InChI is InChI=1S/C5H7NO2S2/c1-8-4-2-5(9-3-4)10(6)7/h2-3H,6H2,1H3. The van der Waals surface area contributed by atoms with Crippen LogP contribution in [0.2, 0.25) is 0 Å². The molecule has 56 valence electrons. The van der Waals surface area contributed by atoms with Crippen molar-refractivity contribution in [1.82, 2.24) is 0 Å². The van der Waals surface area contributed by atoms with Crippen molar-refractivity contribution in [2.45, 2.75) is 4.21 Å². The molecule has 0 bridgehead atoms. The highest BCUT2D eigenvalue weighted by atomic mass is 32.2. The fourth-order valence-electron chi connectivity index (χ4n) is 0.513. The van der Waals surface area contributed by atoms with Gasteiger partial charge in [-0.3, -0.25) is 0 Å². The van der Waals surface area contributed by atoms with E-state index in [2.05, 4.69) is 0 Å². The minimum atomic E-state index is -1.37. The van der Waals surface area contributed by atoms with E-state index in [1.165, 1.54) is 11.3 Å². The largest absolute Gasteiger partial charge is 0.592 e. The number of ether oxygens (including phenoxy) is 1. The minimum Gasteiger partial charge on any atom is -0.592 e. The van der Waals surface area contributed by atoms with Crippen molar-refractivity contribution in [3.8, 4) is 5.75 Å². The molecule has 0 saturated carbocycles. The van der Waals surface area contributed by atoms with Crippen molar-refractivity contribution in [2.24, 2.45) is 5.14 Å². The quantitative estimate of drug-likeness (QED) is 0.678. The highest BCUT2D eigenvalue weighted by Crippen LogP contribution is 2.23. The maximum Gasteiger partial charge on any atom is 0.231 e. The van der Waals surface area contributed by atoms with E-state index in [0.717, 1.165) is 0 Å². The second-order valence-corrected chi connectivity index (χ2v) is 3.81. The Kier molecular flexibility index (Phi) is 2.56. The van der Waals surface area contributed by atoms with Crippen LogP contribution in [-0.2, 0) is 11.4 Å². The van der Waals surface area contributed by atoms with E-state index in [1.807, 2.05) is 0 Å². The van der Waals surface area contributed by atoms with Crippen LogP contribution in [0.15, 0.2) is 15.7 Å². The van der Waals surface area contributed by atoms with Crippen LogP contribution < -0.4 is 9.88 Å². The Morgan fingerprint density at radius 3 is 2.80 bits per heavy atom. The SMILES string of the molecule is COc1csc([S+](N)[O-])c1. The van der Waals surface area contributed by atoms with Crippen LogP contribution in [0.1, 0.15) is 0 Å². The number of nitrogens with two attached hydrogens (primary N) is 1. The molecule has 0 fully saturated rings. The number of rotatable bonds is 2. The highest BCUT2D eigenvalue weighted by Gasteiger charge is 2.08. The lowest BCUT2D eigenvalue weighted by atomic mass is 10.6. The molecule has 1 unspecified atom stereocenters. The first kappa shape index (κ1) is 7.87. The van der Waals surface area contributed by atoms with Crippen LogP contribution in [0, 0.1) is 0 Å². The van der Waals surface area contributed by atoms with Crippen molar-refractivity contribution in [2.75, 3.05) is 7.11 Å². The summed E-state index contributed by atoms with van der Waals surface area (Å²) in [7, 11) is 1.56. The van der Waals surface area contributed by atoms with E-state index < -0.39 is 11.4 Å². The summed E-state index contributed by atoms with van der Waals surface area (Å²) in [6.07, 6.45) is 0. The molecule has 0 aliphatic heterocycles. The minimum absolute atomic E-state index is 0.636. The molecule has 3 nitrogen and oxygen atoms in total. The molecule has 0 aliphatic rings. The molecule has 0 aliphatic carbocycles. The molecule has 0 aromatic carbocycles. The van der Waals surface area contributed by atoms with Gasteiger partial charge in [0.1, 0.15) is 5.75 Å². The van der Waals surface area contributed by atoms with Gasteiger partial charge in [-0.2, -0.15) is 0 Å². The maximum absolute atomic E-state index is 10.6. The van der Waals surface area contributed by atoms with E-state index >= 15 is 0 Å². The first-order chi connectivity index (χ1) is 4.74. The molecule has 1 aromatic rings. The lowest BCUT2D eigenvalue weighted by molar-refractivity contribution is 0.416. The Balaban J connectivity index is 2.78. The summed E-state index contributed by atoms with van der Waals surface area (Å²) in [6.45, 7) is 0. The summed E-state index contributed by atoms with van der Waals surface area (Å²) in [5.74, 6) is 0.707. The zero-order chi connectivity index (χ0) is 7.56. The summed E-state index contributed by atoms with van der Waals surface area (Å²) in [5.41, 5.74) is 0. The van der Waals surface area contributed by atoms with Crippen LogP contribution in [-0.4, -0.2) is 11.7 Å². The summed E-state index contributed by atoms with van der Waals surface area (Å²) in [6, 6.07) is 1.67. The van der Waals surface area contributed by atoms with Crippen LogP contribution in [0.25, 0.3) is 0 Å². The Morgan fingerprint density at radius 1 is 1.80 bits per heavy atom. The molecule has 1 aromatic heterocycles. The Morgan fingerprint density at radius 2 is 2.50 bits per heavy atom. The van der Waals surface area contributed by atoms with Gasteiger partial charge >= 0.3 is 0 Å². The average molecular weight is 177 g/mol. The van der Waals surface area contributed by atoms with Gasteiger partial charge < -0.3 is 9.29 Å². The Hall–Kier alpha value is -0.230. The molecule has 0 radical (unpaired) electrons. The molecular weight excluding hydrogens is 170 g/mol. The normalized spacial score (nSPS) is 13.1. The van der Waals surface area contributed by atoms with Crippen LogP contribution in [0.4, 0.5) is 0 Å². The van der Waals surface area contributed by atoms with Gasteiger partial charge in [0, 0.05) is 11.4 Å². The second-order valence-electron chi connectivity index (χ2n) is 1.60. The van der Waals surface area contributed by atoms with Gasteiger partial charge in [0.05, 0.1) is 18.5 Å². The molecule has 5 heteroatoms. The lowest BCUT2D eigenvalue weighted by Gasteiger charge is -1.95. The van der Waals surface area contributed by atoms with Gasteiger partial charge in [0.2, 0.25) is 4.21 Å². The van der Waals surface area contributed by atoms with Gasteiger partial charge in [-0.05, 0) is 0 Å². The smallest absolute Gasteiger partial charge is 0.231 e. The van der Waals surface area contributed by atoms with Crippen molar-refractivity contribution >= 4 is 22.7 Å². The third kappa shape index (κ3) is 1.63. The van der Waals surface area contributed by atoms with Gasteiger partial charge in [-0.15, -0.1) is 5.14 Å². The zero-order valence-corrected chi connectivity index (χ0v) is 7.00. The Labute approximate surface area is 66.1 Å². The molecule has 10 heavy (non-hydrogen) atoms. The lowest BCUT2D eigenvalue weighted by Crippen LogP contribution is -2.09. The summed E-state index contributed by atoms with van der Waals surface area (Å²) in [4.78, 5) is 0. The van der Waals surface area contributed by atoms with Gasteiger partial charge in [0.25, 0.3) is 0 Å². The van der Waals surface area contributed by atoms with Gasteiger partial charge in [0.15, 0.2) is 0 Å². The van der Waals surface area contributed by atoms with Crippen molar-refractivity contribution in [3.05, 3.63) is 11.4 Å². The third-order valence-electron chi connectivity index (χ3n) is 0.985. The molecular formula is C5H7NO2S2. The number of thiophene rings is 1. The molecule has 0 saturated heterocycles. The molecule has 0 amide bonds. The van der Waals surface area contributed by atoms with Gasteiger partial charge in [-0.25, -0.2) is 0 Å². The fourth-order valence-corrected chi connectivity index (χ4v) is 1.85. The molecule has 0 spiro atoms. The summed E-state index contributed by atoms with van der Waals surface area (Å²) in [5, 5.41) is 6.87. The molecule has 1 heterocycles. The van der Waals surface area contributed by atoms with Crippen molar-refractivity contribution in [3.63, 3.8) is 0 Å². The summed E-state index contributed by atoms with van der Waals surface area (Å²) >= 11 is -0.0391. The monoisotopic (exact) mass is 177 g/mol. The number of methoxy groups -OCH3 is 1. The zero-order valence-electron chi connectivity index (χ0n) is 5.37. The van der Waals surface area contributed by atoms with Crippen molar-refractivity contribution in [1.29, 1.82) is 0 Å². The fraction of sp³-hybridized carbons (Fsp3) is 0.200. The van der Waals surface area contributed by atoms with E-state index in [9.17, 15) is 4.55 Å². The van der Waals surface area contributed by atoms with Gasteiger partial charge in [-0.1, -0.05) is 11.3 Å². The van der Waals surface area contributed by atoms with E-state index in [0.29, 0.717) is 9.96 Å². The molecule has 1 rings (SSSR count). The highest BCUT2D eigenvalue weighted by molar-refractivity contribution is 7.91. The van der Waals surface area contributed by atoms with E-state index in [4.69, 9.17) is 9.88 Å². The summed E-state index contributed by atoms with van der Waals surface area (Å²) < 4.78 is 16.1. The number of hydrogen-bond acceptors (Lipinski definition) is 4. The van der Waals surface area contributed by atoms with Crippen LogP contribution >= 0.6 is 11.3 Å². The number of hydrogen-bond donors (Lipinski definition) is 1. The van der Waals surface area contributed by atoms with E-state index in [1.54, 1.807) is 18.6 Å². The first-order valence-electron chi connectivity index (χ1n) is 2.52. The molecule has 1 atom stereocenters. The van der Waals surface area contributed by atoms with E-state index in [-0.39, 0.29) is 0 Å². The topological polar surface area (TPSA) is 58.3 Å². The van der Waals surface area contributed by atoms with Crippen LogP contribution in [0.3, 0.4) is 0 Å². The third-order valence-corrected chi connectivity index (χ3v) is 2.98. The average Bonchev–Trinajstić information content (AvgIpc) is 2.34. The second kappa shape index (κ2) is 3.25. The predicted octanol–water partition coefficient (Wildman–Crippen LogP) is 0.738.